The standard InChI is InChI=1S/C24H26N4O4S/c29-23(25-20-15-33(31,32)16-21(20)27-12-6-7-13-27)22-18-10-4-5-11-19(18)24(30)28(26-22)14-17-8-2-1-3-9-17/h1-5,8-11,20-21H,6-7,12-16H2,(H,25,29). The highest BCUT2D eigenvalue weighted by Gasteiger charge is 2.42. The molecule has 2 atom stereocenters. The van der Waals surface area contributed by atoms with Crippen molar-refractivity contribution < 1.29 is 13.2 Å². The molecule has 3 heterocycles. The quantitative estimate of drug-likeness (QED) is 0.611. The first-order chi connectivity index (χ1) is 15.9. The number of aromatic nitrogens is 2. The summed E-state index contributed by atoms with van der Waals surface area (Å²) < 4.78 is 26.1. The normalized spacial score (nSPS) is 22.5. The summed E-state index contributed by atoms with van der Waals surface area (Å²) in [5.41, 5.74) is 0.750. The van der Waals surface area contributed by atoms with E-state index in [0.717, 1.165) is 31.5 Å². The lowest BCUT2D eigenvalue weighted by molar-refractivity contribution is 0.0913. The monoisotopic (exact) mass is 466 g/mol. The molecular formula is C24H26N4O4S. The van der Waals surface area contributed by atoms with Gasteiger partial charge in [0.1, 0.15) is 0 Å². The van der Waals surface area contributed by atoms with Gasteiger partial charge in [0, 0.05) is 11.4 Å². The second kappa shape index (κ2) is 8.72. The molecule has 2 aliphatic heterocycles. The summed E-state index contributed by atoms with van der Waals surface area (Å²) in [6.45, 7) is 1.92. The lowest BCUT2D eigenvalue weighted by atomic mass is 10.1. The Morgan fingerprint density at radius 1 is 0.970 bits per heavy atom. The van der Waals surface area contributed by atoms with Crippen LogP contribution in [0.1, 0.15) is 28.9 Å². The minimum absolute atomic E-state index is 0.0552. The predicted molar refractivity (Wildman–Crippen MR) is 126 cm³/mol. The number of amides is 1. The van der Waals surface area contributed by atoms with Crippen LogP contribution in [-0.2, 0) is 16.4 Å². The number of likely N-dealkylation sites (tertiary alicyclic amines) is 1. The average Bonchev–Trinajstić information content (AvgIpc) is 3.44. The van der Waals surface area contributed by atoms with E-state index in [9.17, 15) is 18.0 Å². The van der Waals surface area contributed by atoms with Crippen molar-refractivity contribution in [3.63, 3.8) is 0 Å². The van der Waals surface area contributed by atoms with Crippen LogP contribution >= 0.6 is 0 Å². The lowest BCUT2D eigenvalue weighted by Crippen LogP contribution is -2.50. The smallest absolute Gasteiger partial charge is 0.274 e. The first kappa shape index (κ1) is 21.8. The maximum Gasteiger partial charge on any atom is 0.274 e. The summed E-state index contributed by atoms with van der Waals surface area (Å²) in [6.07, 6.45) is 2.07. The van der Waals surface area contributed by atoms with Gasteiger partial charge in [-0.2, -0.15) is 5.10 Å². The number of hydrogen-bond acceptors (Lipinski definition) is 6. The van der Waals surface area contributed by atoms with Crippen LogP contribution in [0.3, 0.4) is 0 Å². The van der Waals surface area contributed by atoms with Gasteiger partial charge in [-0.3, -0.25) is 14.5 Å². The van der Waals surface area contributed by atoms with Crippen molar-refractivity contribution in [1.29, 1.82) is 0 Å². The van der Waals surface area contributed by atoms with Crippen molar-refractivity contribution in [2.24, 2.45) is 0 Å². The van der Waals surface area contributed by atoms with E-state index in [0.29, 0.717) is 10.8 Å². The van der Waals surface area contributed by atoms with Crippen LogP contribution in [-0.4, -0.2) is 65.7 Å². The zero-order valence-electron chi connectivity index (χ0n) is 18.2. The van der Waals surface area contributed by atoms with Gasteiger partial charge in [0.15, 0.2) is 15.5 Å². The summed E-state index contributed by atoms with van der Waals surface area (Å²) in [7, 11) is -3.24. The van der Waals surface area contributed by atoms with Crippen molar-refractivity contribution in [3.8, 4) is 0 Å². The molecule has 1 N–H and O–H groups in total. The zero-order chi connectivity index (χ0) is 23.0. The van der Waals surface area contributed by atoms with E-state index in [2.05, 4.69) is 15.3 Å². The third-order valence-electron chi connectivity index (χ3n) is 6.51. The number of fused-ring (bicyclic) bond motifs is 1. The number of benzene rings is 2. The Morgan fingerprint density at radius 3 is 2.36 bits per heavy atom. The minimum atomic E-state index is -3.24. The van der Waals surface area contributed by atoms with Gasteiger partial charge in [-0.25, -0.2) is 13.1 Å². The molecular weight excluding hydrogens is 440 g/mol. The van der Waals surface area contributed by atoms with Crippen LogP contribution < -0.4 is 10.9 Å². The van der Waals surface area contributed by atoms with E-state index in [-0.39, 0.29) is 35.3 Å². The molecule has 2 saturated heterocycles. The fraction of sp³-hybridized carbons (Fsp3) is 0.375. The molecule has 2 unspecified atom stereocenters. The summed E-state index contributed by atoms with van der Waals surface area (Å²) >= 11 is 0. The van der Waals surface area contributed by atoms with E-state index >= 15 is 0 Å². The van der Waals surface area contributed by atoms with Crippen molar-refractivity contribution in [2.45, 2.75) is 31.5 Å². The van der Waals surface area contributed by atoms with Crippen molar-refractivity contribution in [1.82, 2.24) is 20.0 Å². The van der Waals surface area contributed by atoms with Crippen LogP contribution in [0.5, 0.6) is 0 Å². The Morgan fingerprint density at radius 2 is 1.64 bits per heavy atom. The number of nitrogens with zero attached hydrogens (tertiary/aromatic N) is 3. The van der Waals surface area contributed by atoms with Crippen LogP contribution in [0.2, 0.25) is 0 Å². The van der Waals surface area contributed by atoms with Gasteiger partial charge in [0.2, 0.25) is 0 Å². The second-order valence-corrected chi connectivity index (χ2v) is 11.0. The van der Waals surface area contributed by atoms with Crippen LogP contribution in [0, 0.1) is 0 Å². The molecule has 0 radical (unpaired) electrons. The lowest BCUT2D eigenvalue weighted by Gasteiger charge is -2.28. The van der Waals surface area contributed by atoms with Crippen LogP contribution in [0.15, 0.2) is 59.4 Å². The Labute approximate surface area is 192 Å². The molecule has 3 aromatic rings. The first-order valence-corrected chi connectivity index (χ1v) is 13.0. The SMILES string of the molecule is O=C(NC1CS(=O)(=O)CC1N1CCCC1)c1nn(Cc2ccccc2)c(=O)c2ccccc12. The highest BCUT2D eigenvalue weighted by atomic mass is 32.2. The predicted octanol–water partition coefficient (Wildman–Crippen LogP) is 1.44. The molecule has 0 spiro atoms. The van der Waals surface area contributed by atoms with Crippen LogP contribution in [0.4, 0.5) is 0 Å². The van der Waals surface area contributed by atoms with E-state index in [4.69, 9.17) is 0 Å². The second-order valence-electron chi connectivity index (χ2n) is 8.81. The van der Waals surface area contributed by atoms with Crippen molar-refractivity contribution in [3.05, 3.63) is 76.2 Å². The number of rotatable bonds is 5. The molecule has 172 valence electrons. The van der Waals surface area contributed by atoms with Gasteiger partial charge in [0.25, 0.3) is 11.5 Å². The van der Waals surface area contributed by atoms with Crippen LogP contribution in [0.25, 0.3) is 10.8 Å². The number of sulfone groups is 1. The third kappa shape index (κ3) is 4.43. The van der Waals surface area contributed by atoms with E-state index < -0.39 is 21.8 Å². The fourth-order valence-corrected chi connectivity index (χ4v) is 6.86. The minimum Gasteiger partial charge on any atom is -0.345 e. The van der Waals surface area contributed by atoms with Gasteiger partial charge < -0.3 is 5.32 Å². The average molecular weight is 467 g/mol. The summed E-state index contributed by atoms with van der Waals surface area (Å²) in [4.78, 5) is 28.6. The number of carbonyl (C=O) groups excluding carboxylic acids is 1. The number of carbonyl (C=O) groups is 1. The molecule has 0 aliphatic carbocycles. The van der Waals surface area contributed by atoms with Gasteiger partial charge in [0.05, 0.1) is 29.5 Å². The Kier molecular flexibility index (Phi) is 5.76. The Balaban J connectivity index is 1.50. The van der Waals surface area contributed by atoms with Crippen molar-refractivity contribution in [2.75, 3.05) is 24.6 Å². The fourth-order valence-electron chi connectivity index (χ4n) is 4.90. The molecule has 33 heavy (non-hydrogen) atoms. The first-order valence-electron chi connectivity index (χ1n) is 11.2. The van der Waals surface area contributed by atoms with Gasteiger partial charge in [-0.1, -0.05) is 48.5 Å². The molecule has 8 nitrogen and oxygen atoms in total. The van der Waals surface area contributed by atoms with Gasteiger partial charge >= 0.3 is 0 Å². The highest BCUT2D eigenvalue weighted by molar-refractivity contribution is 7.91. The largest absolute Gasteiger partial charge is 0.345 e. The van der Waals surface area contributed by atoms with E-state index in [1.165, 1.54) is 4.68 Å². The maximum absolute atomic E-state index is 13.4. The molecule has 0 saturated carbocycles. The molecule has 1 amide bonds. The highest BCUT2D eigenvalue weighted by Crippen LogP contribution is 2.23. The molecule has 2 aromatic carbocycles. The zero-order valence-corrected chi connectivity index (χ0v) is 19.0. The molecule has 0 bridgehead atoms. The summed E-state index contributed by atoms with van der Waals surface area (Å²) in [5, 5.41) is 8.24. The molecule has 2 fully saturated rings. The van der Waals surface area contributed by atoms with Gasteiger partial charge in [-0.05, 0) is 37.6 Å². The summed E-state index contributed by atoms with van der Waals surface area (Å²) in [6, 6.07) is 15.6. The Bertz CT molecular complexity index is 1350. The van der Waals surface area contributed by atoms with Gasteiger partial charge in [-0.15, -0.1) is 0 Å². The third-order valence-corrected chi connectivity index (χ3v) is 8.22. The number of nitrogens with one attached hydrogen (secondary N) is 1. The molecule has 1 aromatic heterocycles. The molecule has 2 aliphatic rings. The Hall–Kier alpha value is -3.04. The number of hydrogen-bond donors (Lipinski definition) is 1. The summed E-state index contributed by atoms with van der Waals surface area (Å²) in [5.74, 6) is -0.486. The van der Waals surface area contributed by atoms with Crippen molar-refractivity contribution >= 4 is 26.5 Å². The van der Waals surface area contributed by atoms with E-state index in [1.54, 1.807) is 24.3 Å². The maximum atomic E-state index is 13.4. The molecule has 9 heteroatoms. The molecule has 5 rings (SSSR count). The van der Waals surface area contributed by atoms with E-state index in [1.807, 2.05) is 30.3 Å². The topological polar surface area (TPSA) is 101 Å².